The van der Waals surface area contributed by atoms with Crippen LogP contribution in [0.2, 0.25) is 0 Å². The summed E-state index contributed by atoms with van der Waals surface area (Å²) >= 11 is 0. The zero-order chi connectivity index (χ0) is 80.3. The number of nitrogens with one attached hydrogen (secondary N) is 9. The molecule has 0 aromatic heterocycles. The largest absolute Gasteiger partial charge is 0.374 e. The molecular weight excluding hydrogens is 1400 g/mol. The average Bonchev–Trinajstić information content (AvgIpc) is 0.929. The van der Waals surface area contributed by atoms with Gasteiger partial charge in [0.2, 0.25) is 53.2 Å². The molecule has 0 saturated heterocycles. The molecule has 0 spiro atoms. The Labute approximate surface area is 640 Å². The first-order valence-corrected chi connectivity index (χ1v) is 38.1. The van der Waals surface area contributed by atoms with E-state index in [1.165, 1.54) is 6.42 Å². The number of terminal acetylenes is 4. The summed E-state index contributed by atoms with van der Waals surface area (Å²) in [5, 5.41) is 24.3. The molecule has 0 aliphatic rings. The summed E-state index contributed by atoms with van der Waals surface area (Å²) in [7, 11) is 0. The van der Waals surface area contributed by atoms with Gasteiger partial charge in [-0.1, -0.05) is 46.5 Å². The van der Waals surface area contributed by atoms with Crippen LogP contribution in [0.25, 0.3) is 0 Å². The number of ether oxygens (including phenoxy) is 7. The molecule has 0 fully saturated rings. The van der Waals surface area contributed by atoms with Crippen molar-refractivity contribution in [3.63, 3.8) is 0 Å². The normalized spacial score (nSPS) is 11.4. The molecule has 30 nitrogen and oxygen atoms in total. The van der Waals surface area contributed by atoms with E-state index < -0.39 is 48.4 Å². The van der Waals surface area contributed by atoms with Gasteiger partial charge in [0, 0.05) is 149 Å². The molecule has 3 atom stereocenters. The Kier molecular flexibility index (Phi) is 69.6. The molecule has 0 aliphatic carbocycles. The Balaban J connectivity index is 0. The smallest absolute Gasteiger partial charge is 0.246 e. The molecule has 0 aromatic carbocycles. The van der Waals surface area contributed by atoms with Gasteiger partial charge in [0.25, 0.3) is 0 Å². The lowest BCUT2D eigenvalue weighted by Crippen LogP contribution is -2.43. The summed E-state index contributed by atoms with van der Waals surface area (Å²) in [6, 6.07) is -2.73. The van der Waals surface area contributed by atoms with Crippen LogP contribution in [-0.4, -0.2) is 232 Å². The Morgan fingerprint density at radius 2 is 0.546 bits per heavy atom. The van der Waals surface area contributed by atoms with Crippen molar-refractivity contribution in [2.45, 2.75) is 232 Å². The van der Waals surface area contributed by atoms with E-state index in [0.29, 0.717) is 83.6 Å². The number of hydrogen-bond donors (Lipinski definition) is 9. The minimum atomic E-state index is -0.933. The number of rotatable bonds is 72. The SMILES string of the molecule is C#CCCC(=O)CCCOCC(=O)CCCCC[C@H](NC(=O)COCCNC(=O)CCC#C)C(=O)CCCOCC(=O)N[C@@H](CCCCNC(=O)COCCCC(=O)[C@H](CCCCNC(=O)COCCNC(=O)CCC#C)NC(=O)COCCNC(=O)CCC#C)C(=O)CCCOCC(=O)NCCCC.CCC. The van der Waals surface area contributed by atoms with Crippen molar-refractivity contribution < 1.29 is 100 Å². The van der Waals surface area contributed by atoms with Gasteiger partial charge in [-0.3, -0.25) is 67.1 Å². The van der Waals surface area contributed by atoms with Crippen molar-refractivity contribution in [1.82, 2.24) is 47.9 Å². The van der Waals surface area contributed by atoms with E-state index in [0.717, 1.165) is 12.8 Å². The van der Waals surface area contributed by atoms with Crippen LogP contribution in [0.1, 0.15) is 213 Å². The van der Waals surface area contributed by atoms with Crippen molar-refractivity contribution in [2.75, 3.05) is 132 Å². The average molecular weight is 1520 g/mol. The standard InChI is InChI=1S/C75H117N9O21.C3H8/c1-6-11-27-59(85)29-23-45-99-52-60(86)28-17-16-18-30-61(82-74(97)57-104-50-43-80-68(91)37-13-8-3)64(87)35-26-48-102-56-73(96)83-62(65(88)33-24-46-100-53-70(93)76-39-15-10-5)31-19-21-40-77-71(94)54-101-47-25-34-66(89)63(84-75(98)58-105-51-44-81-69(92)38-14-9-4)32-20-22-41-78-72(95)55-103-49-42-79-67(90)36-12-7-2;1-3-2/h1-4,61-63H,10-58H2,5H3,(H,76,93)(H,77,94)(H,78,95)(H,79,90)(H,80,91)(H,81,92)(H,82,97)(H,83,96)(H,84,98);3H2,1-2H3/t61-,62-,63-;/m0./s1. The van der Waals surface area contributed by atoms with E-state index in [2.05, 4.69) is 85.4 Å². The number of hydrogen-bond acceptors (Lipinski definition) is 21. The summed E-state index contributed by atoms with van der Waals surface area (Å²) in [4.78, 5) is 176. The monoisotopic (exact) mass is 1520 g/mol. The number of ketones is 5. The highest BCUT2D eigenvalue weighted by Crippen LogP contribution is 2.12. The molecule has 0 radical (unpaired) electrons. The van der Waals surface area contributed by atoms with Gasteiger partial charge in [0.15, 0.2) is 23.1 Å². The van der Waals surface area contributed by atoms with Crippen LogP contribution in [0.4, 0.5) is 0 Å². The Morgan fingerprint density at radius 1 is 0.269 bits per heavy atom. The topological polar surface area (TPSA) is 412 Å². The quantitative estimate of drug-likeness (QED) is 0.0311. The van der Waals surface area contributed by atoms with Crippen LogP contribution in [0.15, 0.2) is 0 Å². The van der Waals surface area contributed by atoms with Crippen molar-refractivity contribution >= 4 is 82.1 Å². The lowest BCUT2D eigenvalue weighted by molar-refractivity contribution is -0.132. The van der Waals surface area contributed by atoms with E-state index in [9.17, 15) is 67.1 Å². The molecule has 608 valence electrons. The van der Waals surface area contributed by atoms with Crippen molar-refractivity contribution in [3.05, 3.63) is 0 Å². The Hall–Kier alpha value is -8.46. The summed E-state index contributed by atoms with van der Waals surface area (Å²) in [6.45, 7) is 6.36. The number of carbonyl (C=O) groups excluding carboxylic acids is 14. The molecule has 30 heteroatoms. The minimum Gasteiger partial charge on any atom is -0.374 e. The van der Waals surface area contributed by atoms with E-state index in [-0.39, 0.29) is 273 Å². The second-order valence-electron chi connectivity index (χ2n) is 25.2. The van der Waals surface area contributed by atoms with Gasteiger partial charge < -0.3 is 81.0 Å². The highest BCUT2D eigenvalue weighted by atomic mass is 16.5. The van der Waals surface area contributed by atoms with Crippen LogP contribution in [0.3, 0.4) is 0 Å². The first kappa shape index (κ1) is 102. The van der Waals surface area contributed by atoms with Gasteiger partial charge in [0.1, 0.15) is 52.0 Å². The molecule has 0 rings (SSSR count). The Morgan fingerprint density at radius 3 is 0.889 bits per heavy atom. The fourth-order valence-corrected chi connectivity index (χ4v) is 9.59. The minimum absolute atomic E-state index is 0.00132. The van der Waals surface area contributed by atoms with E-state index in [4.69, 9.17) is 58.9 Å². The molecule has 0 aromatic rings. The summed E-state index contributed by atoms with van der Waals surface area (Å²) < 4.78 is 38.2. The van der Waals surface area contributed by atoms with E-state index >= 15 is 0 Å². The Bertz CT molecular complexity index is 2780. The number of amides is 9. The number of unbranched alkanes of at least 4 members (excludes halogenated alkanes) is 5. The van der Waals surface area contributed by atoms with Gasteiger partial charge in [-0.05, 0) is 83.5 Å². The van der Waals surface area contributed by atoms with Crippen molar-refractivity contribution in [1.29, 1.82) is 0 Å². The van der Waals surface area contributed by atoms with Crippen LogP contribution in [-0.2, 0) is 100 Å². The third kappa shape index (κ3) is 66.9. The fourth-order valence-electron chi connectivity index (χ4n) is 9.59. The zero-order valence-corrected chi connectivity index (χ0v) is 64.5. The molecular formula is C78H125N9O21. The molecule has 9 N–H and O–H groups in total. The predicted octanol–water partition coefficient (Wildman–Crippen LogP) is 3.38. The van der Waals surface area contributed by atoms with Gasteiger partial charge in [-0.15, -0.1) is 49.4 Å². The first-order valence-electron chi connectivity index (χ1n) is 38.1. The lowest BCUT2D eigenvalue weighted by Gasteiger charge is -2.19. The van der Waals surface area contributed by atoms with Crippen LogP contribution >= 0.6 is 0 Å². The maximum absolute atomic E-state index is 13.6. The first-order chi connectivity index (χ1) is 52.2. The van der Waals surface area contributed by atoms with Gasteiger partial charge >= 0.3 is 0 Å². The maximum atomic E-state index is 13.6. The predicted molar refractivity (Wildman–Crippen MR) is 405 cm³/mol. The third-order valence-electron chi connectivity index (χ3n) is 15.2. The summed E-state index contributed by atoms with van der Waals surface area (Å²) in [6.07, 6.45) is 31.6. The molecule has 0 saturated carbocycles. The number of Topliss-reactive ketones (excluding diaryl/α,β-unsaturated/α-hetero) is 5. The lowest BCUT2D eigenvalue weighted by atomic mass is 10.00. The second-order valence-corrected chi connectivity index (χ2v) is 25.2. The second kappa shape index (κ2) is 74.0. The maximum Gasteiger partial charge on any atom is 0.246 e. The van der Waals surface area contributed by atoms with Crippen molar-refractivity contribution in [2.24, 2.45) is 0 Å². The van der Waals surface area contributed by atoms with Crippen LogP contribution in [0.5, 0.6) is 0 Å². The highest BCUT2D eigenvalue weighted by Gasteiger charge is 2.24. The number of carbonyl (C=O) groups is 14. The van der Waals surface area contributed by atoms with E-state index in [1.54, 1.807) is 0 Å². The van der Waals surface area contributed by atoms with Gasteiger partial charge in [0.05, 0.1) is 37.9 Å². The van der Waals surface area contributed by atoms with Gasteiger partial charge in [-0.2, -0.15) is 0 Å². The van der Waals surface area contributed by atoms with E-state index in [1.807, 2.05) is 6.92 Å². The van der Waals surface area contributed by atoms with Crippen LogP contribution < -0.4 is 47.9 Å². The zero-order valence-electron chi connectivity index (χ0n) is 64.5. The molecule has 0 aliphatic heterocycles. The molecule has 0 heterocycles. The van der Waals surface area contributed by atoms with Gasteiger partial charge in [-0.25, -0.2) is 0 Å². The highest BCUT2D eigenvalue weighted by molar-refractivity contribution is 5.91. The summed E-state index contributed by atoms with van der Waals surface area (Å²) in [5.74, 6) is 5.14. The fraction of sp³-hybridized carbons (Fsp3) is 0.718. The summed E-state index contributed by atoms with van der Waals surface area (Å²) in [5.41, 5.74) is 0. The van der Waals surface area contributed by atoms with Crippen molar-refractivity contribution in [3.8, 4) is 49.4 Å². The molecule has 0 unspecified atom stereocenters. The molecule has 108 heavy (non-hydrogen) atoms. The molecule has 0 bridgehead atoms. The molecule has 9 amide bonds. The van der Waals surface area contributed by atoms with Crippen LogP contribution in [0, 0.1) is 49.4 Å². The third-order valence-corrected chi connectivity index (χ3v) is 15.2.